The summed E-state index contributed by atoms with van der Waals surface area (Å²) in [6.45, 7) is 8.63. The zero-order chi connectivity index (χ0) is 12.5. The molecule has 0 amide bonds. The maximum atomic E-state index is 9.17. The first-order valence-corrected chi connectivity index (χ1v) is 6.60. The van der Waals surface area contributed by atoms with Crippen molar-refractivity contribution in [2.75, 3.05) is 33.2 Å². The van der Waals surface area contributed by atoms with Crippen molar-refractivity contribution in [3.05, 3.63) is 0 Å². The summed E-state index contributed by atoms with van der Waals surface area (Å²) < 4.78 is 0. The van der Waals surface area contributed by atoms with E-state index in [1.807, 2.05) is 0 Å². The number of nitrogens with zero attached hydrogens (tertiary/aromatic N) is 3. The minimum Gasteiger partial charge on any atom is -0.299 e. The Morgan fingerprint density at radius 2 is 2.12 bits per heavy atom. The van der Waals surface area contributed by atoms with Crippen LogP contribution in [0.4, 0.5) is 0 Å². The highest BCUT2D eigenvalue weighted by Crippen LogP contribution is 2.21. The molecule has 0 aromatic rings. The summed E-state index contributed by atoms with van der Waals surface area (Å²) in [5.74, 6) is 0. The molecular formula is C13H24N4. The topological polar surface area (TPSA) is 42.3 Å². The predicted molar refractivity (Wildman–Crippen MR) is 68.7 cm³/mol. The molecule has 0 aromatic carbocycles. The molecule has 4 heteroatoms. The quantitative estimate of drug-likeness (QED) is 0.778. The Bertz CT molecular complexity index is 303. The molecule has 2 aliphatic rings. The molecule has 1 saturated carbocycles. The fraction of sp³-hybridized carbons (Fsp3) is 0.923. The van der Waals surface area contributed by atoms with E-state index in [1.54, 1.807) is 0 Å². The van der Waals surface area contributed by atoms with Gasteiger partial charge >= 0.3 is 0 Å². The first-order valence-electron chi connectivity index (χ1n) is 6.60. The zero-order valence-corrected chi connectivity index (χ0v) is 11.2. The van der Waals surface area contributed by atoms with Gasteiger partial charge in [0.15, 0.2) is 0 Å². The van der Waals surface area contributed by atoms with Crippen LogP contribution in [0.1, 0.15) is 26.7 Å². The summed E-state index contributed by atoms with van der Waals surface area (Å²) in [5.41, 5.74) is 0.220. The lowest BCUT2D eigenvalue weighted by molar-refractivity contribution is 0.0378. The molecule has 4 nitrogen and oxygen atoms in total. The summed E-state index contributed by atoms with van der Waals surface area (Å²) >= 11 is 0. The molecule has 1 heterocycles. The van der Waals surface area contributed by atoms with Crippen molar-refractivity contribution >= 4 is 0 Å². The summed E-state index contributed by atoms with van der Waals surface area (Å²) in [6.07, 6.45) is 2.48. The van der Waals surface area contributed by atoms with Crippen LogP contribution in [-0.2, 0) is 0 Å². The molecule has 0 bridgehead atoms. The van der Waals surface area contributed by atoms with Crippen LogP contribution >= 0.6 is 0 Å². The van der Waals surface area contributed by atoms with Crippen molar-refractivity contribution in [3.8, 4) is 6.07 Å². The number of likely N-dealkylation sites (N-methyl/N-ethyl adjacent to an activating group) is 1. The van der Waals surface area contributed by atoms with Crippen LogP contribution in [0.2, 0.25) is 0 Å². The van der Waals surface area contributed by atoms with Gasteiger partial charge < -0.3 is 0 Å². The normalized spacial score (nSPS) is 27.6. The van der Waals surface area contributed by atoms with Gasteiger partial charge in [-0.2, -0.15) is 5.26 Å². The second-order valence-electron chi connectivity index (χ2n) is 6.09. The highest BCUT2D eigenvalue weighted by molar-refractivity contribution is 4.99. The minimum absolute atomic E-state index is 0.00158. The van der Waals surface area contributed by atoms with Crippen LogP contribution in [0.3, 0.4) is 0 Å². The third-order valence-corrected chi connectivity index (χ3v) is 4.01. The minimum atomic E-state index is 0.00158. The second kappa shape index (κ2) is 4.93. The fourth-order valence-corrected chi connectivity index (χ4v) is 2.42. The van der Waals surface area contributed by atoms with Gasteiger partial charge in [0.25, 0.3) is 0 Å². The van der Waals surface area contributed by atoms with Crippen molar-refractivity contribution in [1.29, 1.82) is 5.26 Å². The number of nitriles is 1. The molecule has 17 heavy (non-hydrogen) atoms. The van der Waals surface area contributed by atoms with Gasteiger partial charge in [-0.05, 0) is 33.7 Å². The Morgan fingerprint density at radius 3 is 2.65 bits per heavy atom. The van der Waals surface area contributed by atoms with Crippen molar-refractivity contribution in [2.24, 2.45) is 0 Å². The van der Waals surface area contributed by atoms with Crippen LogP contribution in [0.15, 0.2) is 0 Å². The summed E-state index contributed by atoms with van der Waals surface area (Å²) in [4.78, 5) is 4.82. The molecule has 1 N–H and O–H groups in total. The Morgan fingerprint density at radius 1 is 1.41 bits per heavy atom. The molecular weight excluding hydrogens is 212 g/mol. The molecule has 1 atom stereocenters. The van der Waals surface area contributed by atoms with Crippen LogP contribution in [0.25, 0.3) is 0 Å². The van der Waals surface area contributed by atoms with Gasteiger partial charge in [-0.1, -0.05) is 0 Å². The lowest BCUT2D eigenvalue weighted by Crippen LogP contribution is -2.59. The summed E-state index contributed by atoms with van der Waals surface area (Å²) in [5, 5.41) is 12.6. The van der Waals surface area contributed by atoms with Gasteiger partial charge in [0.1, 0.15) is 6.04 Å². The van der Waals surface area contributed by atoms with Crippen LogP contribution in [-0.4, -0.2) is 60.6 Å². The van der Waals surface area contributed by atoms with E-state index in [1.165, 1.54) is 12.8 Å². The highest BCUT2D eigenvalue weighted by atomic mass is 15.3. The van der Waals surface area contributed by atoms with E-state index in [4.69, 9.17) is 5.26 Å². The molecule has 0 radical (unpaired) electrons. The molecule has 2 rings (SSSR count). The maximum Gasteiger partial charge on any atom is 0.108 e. The van der Waals surface area contributed by atoms with E-state index in [0.717, 1.165) is 26.2 Å². The molecule has 1 saturated heterocycles. The molecule has 0 aromatic heterocycles. The third kappa shape index (κ3) is 3.41. The lowest BCUT2D eigenvalue weighted by Gasteiger charge is -2.45. The largest absolute Gasteiger partial charge is 0.299 e. The van der Waals surface area contributed by atoms with Crippen molar-refractivity contribution in [2.45, 2.75) is 44.3 Å². The lowest BCUT2D eigenvalue weighted by atomic mass is 9.99. The van der Waals surface area contributed by atoms with Crippen molar-refractivity contribution in [3.63, 3.8) is 0 Å². The number of piperazine rings is 1. The van der Waals surface area contributed by atoms with E-state index in [0.29, 0.717) is 6.04 Å². The molecule has 2 fully saturated rings. The van der Waals surface area contributed by atoms with Crippen LogP contribution < -0.4 is 5.32 Å². The van der Waals surface area contributed by atoms with Gasteiger partial charge in [0.05, 0.1) is 6.07 Å². The predicted octanol–water partition coefficient (Wildman–Crippen LogP) is 0.657. The van der Waals surface area contributed by atoms with Crippen molar-refractivity contribution < 1.29 is 0 Å². The van der Waals surface area contributed by atoms with Crippen LogP contribution in [0.5, 0.6) is 0 Å². The average Bonchev–Trinajstić information content (AvgIpc) is 3.06. The number of hydrogen-bond acceptors (Lipinski definition) is 4. The van der Waals surface area contributed by atoms with E-state index >= 15 is 0 Å². The van der Waals surface area contributed by atoms with Gasteiger partial charge in [-0.3, -0.25) is 15.1 Å². The standard InChI is InChI=1S/C13H24N4/c1-13(2)10-17(7-6-16(13)3)9-12(8-14)15-11-4-5-11/h11-12,15H,4-7,9-10H2,1-3H3. The molecule has 1 unspecified atom stereocenters. The number of rotatable bonds is 4. The SMILES string of the molecule is CN1CCN(CC(C#N)NC2CC2)CC1(C)C. The Hall–Kier alpha value is -0.630. The average molecular weight is 236 g/mol. The Kier molecular flexibility index (Phi) is 3.72. The highest BCUT2D eigenvalue weighted by Gasteiger charge is 2.32. The number of nitrogens with one attached hydrogen (secondary N) is 1. The summed E-state index contributed by atoms with van der Waals surface area (Å²) in [6, 6.07) is 3.01. The second-order valence-corrected chi connectivity index (χ2v) is 6.09. The maximum absolute atomic E-state index is 9.17. The van der Waals surface area contributed by atoms with Gasteiger partial charge in [-0.15, -0.1) is 0 Å². The zero-order valence-electron chi connectivity index (χ0n) is 11.2. The van der Waals surface area contributed by atoms with Crippen molar-refractivity contribution in [1.82, 2.24) is 15.1 Å². The van der Waals surface area contributed by atoms with Gasteiger partial charge in [-0.25, -0.2) is 0 Å². The van der Waals surface area contributed by atoms with Gasteiger partial charge in [0.2, 0.25) is 0 Å². The van der Waals surface area contributed by atoms with E-state index in [2.05, 4.69) is 42.1 Å². The first-order chi connectivity index (χ1) is 8.01. The first kappa shape index (κ1) is 12.8. The van der Waals surface area contributed by atoms with Gasteiger partial charge in [0, 0.05) is 37.8 Å². The molecule has 1 aliphatic carbocycles. The number of hydrogen-bond donors (Lipinski definition) is 1. The Labute approximate surface area is 105 Å². The van der Waals surface area contributed by atoms with Crippen LogP contribution in [0, 0.1) is 11.3 Å². The molecule has 0 spiro atoms. The monoisotopic (exact) mass is 236 g/mol. The molecule has 96 valence electrons. The third-order valence-electron chi connectivity index (χ3n) is 4.01. The molecule has 1 aliphatic heterocycles. The van der Waals surface area contributed by atoms with E-state index in [-0.39, 0.29) is 11.6 Å². The fourth-order valence-electron chi connectivity index (χ4n) is 2.42. The summed E-state index contributed by atoms with van der Waals surface area (Å²) in [7, 11) is 2.18. The Balaban J connectivity index is 1.83. The van der Waals surface area contributed by atoms with E-state index < -0.39 is 0 Å². The smallest absolute Gasteiger partial charge is 0.108 e. The van der Waals surface area contributed by atoms with E-state index in [9.17, 15) is 0 Å².